The Labute approximate surface area is 202 Å². The van der Waals surface area contributed by atoms with Crippen LogP contribution >= 0.6 is 0 Å². The smallest absolute Gasteiger partial charge is 0.242 e. The fourth-order valence-electron chi connectivity index (χ4n) is 4.36. The third-order valence-corrected chi connectivity index (χ3v) is 6.82. The molecule has 34 heavy (non-hydrogen) atoms. The van der Waals surface area contributed by atoms with Crippen LogP contribution in [0.2, 0.25) is 0 Å². The minimum atomic E-state index is 0.0405. The number of likely N-dealkylation sites (N-methyl/N-ethyl adjacent to an activating group) is 1. The van der Waals surface area contributed by atoms with E-state index in [0.29, 0.717) is 32.7 Å². The van der Waals surface area contributed by atoms with E-state index in [9.17, 15) is 9.59 Å². The highest BCUT2D eigenvalue weighted by molar-refractivity contribution is 5.87. The molecule has 8 heteroatoms. The molecular weight excluding hydrogens is 428 g/mol. The third kappa shape index (κ3) is 6.11. The maximum Gasteiger partial charge on any atom is 0.242 e. The van der Waals surface area contributed by atoms with Gasteiger partial charge in [-0.25, -0.2) is 0 Å². The topological polar surface area (TPSA) is 72.9 Å². The van der Waals surface area contributed by atoms with Crippen LogP contribution in [0.4, 0.5) is 5.82 Å². The lowest BCUT2D eigenvalue weighted by atomic mass is 10.1. The molecule has 1 saturated carbocycles. The van der Waals surface area contributed by atoms with Crippen LogP contribution in [0.3, 0.4) is 0 Å². The number of carbonyl (C=O) groups excluding carboxylic acids is 2. The summed E-state index contributed by atoms with van der Waals surface area (Å²) >= 11 is 0. The molecule has 0 spiro atoms. The van der Waals surface area contributed by atoms with Gasteiger partial charge in [0.1, 0.15) is 0 Å². The molecule has 0 radical (unpaired) electrons. The summed E-state index contributed by atoms with van der Waals surface area (Å²) in [5.74, 6) is 1.14. The van der Waals surface area contributed by atoms with Crippen molar-refractivity contribution < 1.29 is 9.59 Å². The highest BCUT2D eigenvalue weighted by Gasteiger charge is 2.35. The van der Waals surface area contributed by atoms with Gasteiger partial charge in [-0.05, 0) is 38.1 Å². The zero-order valence-electron chi connectivity index (χ0n) is 20.4. The Morgan fingerprint density at radius 1 is 0.912 bits per heavy atom. The number of amides is 2. The predicted octanol–water partition coefficient (Wildman–Crippen LogP) is 2.37. The van der Waals surface area contributed by atoms with E-state index < -0.39 is 0 Å². The van der Waals surface area contributed by atoms with Crippen LogP contribution in [0.15, 0.2) is 42.5 Å². The van der Waals surface area contributed by atoms with E-state index in [0.717, 1.165) is 49.6 Å². The van der Waals surface area contributed by atoms with Gasteiger partial charge in [-0.1, -0.05) is 44.2 Å². The number of rotatable bonds is 10. The van der Waals surface area contributed by atoms with Gasteiger partial charge < -0.3 is 19.6 Å². The number of anilines is 1. The fraction of sp³-hybridized carbons (Fsp3) is 0.538. The number of hydrogen-bond acceptors (Lipinski definition) is 6. The van der Waals surface area contributed by atoms with Crippen LogP contribution in [-0.4, -0.2) is 95.6 Å². The highest BCUT2D eigenvalue weighted by Crippen LogP contribution is 2.31. The summed E-state index contributed by atoms with van der Waals surface area (Å²) in [6.07, 6.45) is 1.91. The first-order valence-electron chi connectivity index (χ1n) is 12.5. The molecule has 2 amide bonds. The van der Waals surface area contributed by atoms with Crippen molar-refractivity contribution in [2.45, 2.75) is 26.7 Å². The second-order valence-corrected chi connectivity index (χ2v) is 9.07. The first kappa shape index (κ1) is 24.1. The molecule has 0 bridgehead atoms. The maximum absolute atomic E-state index is 13.1. The number of benzene rings is 1. The average Bonchev–Trinajstić information content (AvgIpc) is 3.74. The maximum atomic E-state index is 13.1. The number of nitrogens with zero attached hydrogens (tertiary/aromatic N) is 6. The molecule has 2 aromatic rings. The molecule has 182 valence electrons. The standard InChI is InChI=1S/C26H36N6O2/c1-3-29(4-2)14-15-32(26(34)22-10-11-22)20-25(33)31-18-16-30(17-19-31)24-13-12-23(27-28-24)21-8-6-5-7-9-21/h5-9,12-13,22H,3-4,10-11,14-20H2,1-2H3. The molecule has 2 fully saturated rings. The zero-order valence-corrected chi connectivity index (χ0v) is 20.4. The largest absolute Gasteiger partial charge is 0.352 e. The number of carbonyl (C=O) groups is 2. The number of hydrogen-bond donors (Lipinski definition) is 0. The van der Waals surface area contributed by atoms with Gasteiger partial charge in [0.15, 0.2) is 5.82 Å². The Kier molecular flexibility index (Phi) is 8.11. The minimum absolute atomic E-state index is 0.0405. The van der Waals surface area contributed by atoms with Crippen molar-refractivity contribution in [1.82, 2.24) is 24.9 Å². The molecule has 4 rings (SSSR count). The van der Waals surface area contributed by atoms with Gasteiger partial charge >= 0.3 is 0 Å². The van der Waals surface area contributed by atoms with E-state index in [1.54, 1.807) is 4.90 Å². The Morgan fingerprint density at radius 3 is 2.21 bits per heavy atom. The van der Waals surface area contributed by atoms with E-state index in [1.807, 2.05) is 47.4 Å². The Bertz CT molecular complexity index is 936. The quantitative estimate of drug-likeness (QED) is 0.538. The SMILES string of the molecule is CCN(CC)CCN(CC(=O)N1CCN(c2ccc(-c3ccccc3)nn2)CC1)C(=O)C1CC1. The molecule has 8 nitrogen and oxygen atoms in total. The summed E-state index contributed by atoms with van der Waals surface area (Å²) in [7, 11) is 0. The van der Waals surface area contributed by atoms with Crippen molar-refractivity contribution in [3.8, 4) is 11.3 Å². The Balaban J connectivity index is 1.30. The summed E-state index contributed by atoms with van der Waals surface area (Å²) < 4.78 is 0. The van der Waals surface area contributed by atoms with Crippen LogP contribution in [0.1, 0.15) is 26.7 Å². The van der Waals surface area contributed by atoms with Crippen LogP contribution in [0.5, 0.6) is 0 Å². The first-order chi connectivity index (χ1) is 16.6. The van der Waals surface area contributed by atoms with E-state index in [2.05, 4.69) is 33.8 Å². The first-order valence-corrected chi connectivity index (χ1v) is 12.5. The molecule has 1 saturated heterocycles. The van der Waals surface area contributed by atoms with E-state index in [1.165, 1.54) is 0 Å². The van der Waals surface area contributed by atoms with Crippen LogP contribution in [0.25, 0.3) is 11.3 Å². The van der Waals surface area contributed by atoms with Crippen molar-refractivity contribution in [3.05, 3.63) is 42.5 Å². The van der Waals surface area contributed by atoms with Gasteiger partial charge in [-0.2, -0.15) is 0 Å². The summed E-state index contributed by atoms with van der Waals surface area (Å²) in [6, 6.07) is 14.0. The van der Waals surface area contributed by atoms with E-state index in [-0.39, 0.29) is 24.3 Å². The highest BCUT2D eigenvalue weighted by atomic mass is 16.2. The molecule has 1 aromatic carbocycles. The normalized spacial score (nSPS) is 16.1. The minimum Gasteiger partial charge on any atom is -0.352 e. The fourth-order valence-corrected chi connectivity index (χ4v) is 4.36. The molecule has 0 unspecified atom stereocenters. The van der Waals surface area contributed by atoms with Gasteiger partial charge in [-0.3, -0.25) is 9.59 Å². The predicted molar refractivity (Wildman–Crippen MR) is 133 cm³/mol. The van der Waals surface area contributed by atoms with Crippen molar-refractivity contribution >= 4 is 17.6 Å². The molecule has 0 atom stereocenters. The average molecular weight is 465 g/mol. The molecule has 1 aromatic heterocycles. The third-order valence-electron chi connectivity index (χ3n) is 6.82. The van der Waals surface area contributed by atoms with Crippen molar-refractivity contribution in [2.75, 3.05) is 63.8 Å². The summed E-state index contributed by atoms with van der Waals surface area (Å²) in [5, 5.41) is 8.81. The van der Waals surface area contributed by atoms with Gasteiger partial charge in [0.2, 0.25) is 11.8 Å². The molecule has 0 N–H and O–H groups in total. The van der Waals surface area contributed by atoms with Crippen LogP contribution in [-0.2, 0) is 9.59 Å². The number of piperazine rings is 1. The van der Waals surface area contributed by atoms with Crippen molar-refractivity contribution in [1.29, 1.82) is 0 Å². The lowest BCUT2D eigenvalue weighted by Gasteiger charge is -2.36. The number of aromatic nitrogens is 2. The van der Waals surface area contributed by atoms with Crippen molar-refractivity contribution in [2.24, 2.45) is 5.92 Å². The van der Waals surface area contributed by atoms with E-state index >= 15 is 0 Å². The monoisotopic (exact) mass is 464 g/mol. The van der Waals surface area contributed by atoms with Gasteiger partial charge in [0.05, 0.1) is 12.2 Å². The van der Waals surface area contributed by atoms with Gasteiger partial charge in [0, 0.05) is 50.7 Å². The molecule has 1 aliphatic carbocycles. The Morgan fingerprint density at radius 2 is 1.62 bits per heavy atom. The lowest BCUT2D eigenvalue weighted by Crippen LogP contribution is -2.52. The second-order valence-electron chi connectivity index (χ2n) is 9.07. The molecule has 2 heterocycles. The molecular formula is C26H36N6O2. The molecule has 2 aliphatic rings. The van der Waals surface area contributed by atoms with Gasteiger partial charge in [-0.15, -0.1) is 10.2 Å². The van der Waals surface area contributed by atoms with Crippen LogP contribution < -0.4 is 4.90 Å². The molecule has 1 aliphatic heterocycles. The lowest BCUT2D eigenvalue weighted by molar-refractivity contribution is -0.141. The van der Waals surface area contributed by atoms with Crippen LogP contribution in [0, 0.1) is 5.92 Å². The summed E-state index contributed by atoms with van der Waals surface area (Å²) in [5.41, 5.74) is 1.89. The summed E-state index contributed by atoms with van der Waals surface area (Å²) in [6.45, 7) is 10.4. The summed E-state index contributed by atoms with van der Waals surface area (Å²) in [4.78, 5) is 34.0. The Hall–Kier alpha value is -3.00. The van der Waals surface area contributed by atoms with E-state index in [4.69, 9.17) is 0 Å². The zero-order chi connectivity index (χ0) is 23.9. The second kappa shape index (κ2) is 11.4. The van der Waals surface area contributed by atoms with Crippen molar-refractivity contribution in [3.63, 3.8) is 0 Å². The van der Waals surface area contributed by atoms with Gasteiger partial charge in [0.25, 0.3) is 0 Å².